The van der Waals surface area contributed by atoms with Gasteiger partial charge in [0.1, 0.15) is 23.3 Å². The number of aromatic hydroxyl groups is 1. The molecule has 254 valence electrons. The third-order valence-electron chi connectivity index (χ3n) is 8.87. The number of hydrogen-bond donors (Lipinski definition) is 4. The number of rotatable bonds is 3. The van der Waals surface area contributed by atoms with Crippen molar-refractivity contribution in [1.29, 1.82) is 0 Å². The first-order chi connectivity index (χ1) is 24.2. The summed E-state index contributed by atoms with van der Waals surface area (Å²) in [6, 6.07) is 25.9. The Bertz CT molecular complexity index is 2090. The average Bonchev–Trinajstić information content (AvgIpc) is 3.78. The number of ether oxygens (including phenoxy) is 3. The first-order valence-corrected chi connectivity index (χ1v) is 16.1. The molecular formula is C38H35N5O7. The van der Waals surface area contributed by atoms with Gasteiger partial charge in [-0.2, -0.15) is 5.10 Å². The number of carbonyl (C=O) groups is 3. The lowest BCUT2D eigenvalue weighted by atomic mass is 9.97. The number of aromatic nitrogens is 2. The zero-order valence-corrected chi connectivity index (χ0v) is 27.4. The molecular weight excluding hydrogens is 638 g/mol. The second-order valence-electron chi connectivity index (χ2n) is 12.2. The summed E-state index contributed by atoms with van der Waals surface area (Å²) in [5, 5.41) is 23.3. The van der Waals surface area contributed by atoms with Crippen LogP contribution in [0.2, 0.25) is 0 Å². The molecule has 0 spiro atoms. The number of nitrogens with zero attached hydrogens (tertiary/aromatic N) is 2. The number of amides is 3. The molecule has 8 rings (SSSR count). The maximum Gasteiger partial charge on any atom is 0.272 e. The predicted octanol–water partition coefficient (Wildman–Crippen LogP) is 4.48. The van der Waals surface area contributed by atoms with E-state index in [1.807, 2.05) is 43.3 Å². The molecule has 6 bridgehead atoms. The predicted molar refractivity (Wildman–Crippen MR) is 184 cm³/mol. The molecule has 12 heteroatoms. The van der Waals surface area contributed by atoms with E-state index in [2.05, 4.69) is 20.8 Å². The molecule has 4 N–H and O–H groups in total. The van der Waals surface area contributed by atoms with Gasteiger partial charge in [-0.05, 0) is 83.8 Å². The van der Waals surface area contributed by atoms with Crippen molar-refractivity contribution in [2.45, 2.75) is 25.6 Å². The molecule has 12 nitrogen and oxygen atoms in total. The number of hydrogen-bond acceptors (Lipinski definition) is 8. The second-order valence-corrected chi connectivity index (χ2v) is 12.2. The zero-order chi connectivity index (χ0) is 34.8. The minimum atomic E-state index is -0.646. The largest absolute Gasteiger partial charge is 0.507 e. The number of nitrogens with one attached hydrogen (secondary N) is 3. The van der Waals surface area contributed by atoms with Crippen LogP contribution in [0.3, 0.4) is 0 Å². The fourth-order valence-corrected chi connectivity index (χ4v) is 6.19. The Morgan fingerprint density at radius 2 is 1.80 bits per heavy atom. The SMILES string of the molecule is COc1cc2ccc1O[C@H]1CN(C(=O)c3cc(-c4ccccc4O)n[nH]3)C[C@@H]1NC(=O)c1ccc(C)c(c1)-c1cccc(c1)OCC(=O)NC2. The summed E-state index contributed by atoms with van der Waals surface area (Å²) >= 11 is 0. The number of methoxy groups -OCH3 is 1. The summed E-state index contributed by atoms with van der Waals surface area (Å²) in [5.74, 6) is 0.453. The molecule has 3 aliphatic rings. The monoisotopic (exact) mass is 673 g/mol. The van der Waals surface area contributed by atoms with Crippen molar-refractivity contribution in [2.75, 3.05) is 26.8 Å². The van der Waals surface area contributed by atoms with Gasteiger partial charge in [0.15, 0.2) is 18.1 Å². The molecule has 4 aromatic carbocycles. The quantitative estimate of drug-likeness (QED) is 0.219. The molecule has 1 saturated heterocycles. The molecule has 0 aliphatic carbocycles. The normalized spacial score (nSPS) is 17.5. The van der Waals surface area contributed by atoms with Crippen molar-refractivity contribution in [3.8, 4) is 45.4 Å². The molecule has 3 aliphatic heterocycles. The van der Waals surface area contributed by atoms with E-state index in [-0.39, 0.29) is 55.4 Å². The van der Waals surface area contributed by atoms with Crippen LogP contribution < -0.4 is 24.8 Å². The third-order valence-corrected chi connectivity index (χ3v) is 8.87. The number of fused-ring (bicyclic) bond motifs is 7. The van der Waals surface area contributed by atoms with Gasteiger partial charge in [-0.1, -0.05) is 36.4 Å². The van der Waals surface area contributed by atoms with Crippen molar-refractivity contribution >= 4 is 17.7 Å². The number of para-hydroxylation sites is 1. The van der Waals surface area contributed by atoms with Gasteiger partial charge in [0, 0.05) is 24.2 Å². The molecule has 50 heavy (non-hydrogen) atoms. The van der Waals surface area contributed by atoms with E-state index in [0.29, 0.717) is 34.1 Å². The lowest BCUT2D eigenvalue weighted by molar-refractivity contribution is -0.123. The van der Waals surface area contributed by atoms with E-state index in [1.54, 1.807) is 59.5 Å². The molecule has 1 fully saturated rings. The Kier molecular flexibility index (Phi) is 8.82. The third kappa shape index (κ3) is 6.68. The Labute approximate surface area is 288 Å². The highest BCUT2D eigenvalue weighted by Gasteiger charge is 2.39. The summed E-state index contributed by atoms with van der Waals surface area (Å²) in [6.45, 7) is 2.34. The van der Waals surface area contributed by atoms with Crippen molar-refractivity contribution in [3.63, 3.8) is 0 Å². The van der Waals surface area contributed by atoms with Crippen LogP contribution in [0.25, 0.3) is 22.4 Å². The number of aromatic amines is 1. The van der Waals surface area contributed by atoms with Crippen LogP contribution in [0.1, 0.15) is 32.0 Å². The summed E-state index contributed by atoms with van der Waals surface area (Å²) in [6.07, 6.45) is -0.646. The number of phenols is 1. The Balaban J connectivity index is 1.22. The molecule has 4 heterocycles. The highest BCUT2D eigenvalue weighted by atomic mass is 16.5. The molecule has 5 aromatic rings. The maximum absolute atomic E-state index is 13.8. The van der Waals surface area contributed by atoms with E-state index < -0.39 is 12.1 Å². The van der Waals surface area contributed by atoms with Crippen molar-refractivity contribution in [1.82, 2.24) is 25.7 Å². The Hall–Kier alpha value is -6.30. The fourth-order valence-electron chi connectivity index (χ4n) is 6.19. The number of carbonyl (C=O) groups excluding carboxylic acids is 3. The average molecular weight is 674 g/mol. The van der Waals surface area contributed by atoms with E-state index in [4.69, 9.17) is 14.2 Å². The Morgan fingerprint density at radius 3 is 2.64 bits per heavy atom. The van der Waals surface area contributed by atoms with Crippen molar-refractivity contribution in [2.24, 2.45) is 0 Å². The van der Waals surface area contributed by atoms with Crippen LogP contribution >= 0.6 is 0 Å². The van der Waals surface area contributed by atoms with Crippen LogP contribution in [-0.2, 0) is 11.3 Å². The van der Waals surface area contributed by atoms with Gasteiger partial charge in [0.05, 0.1) is 25.4 Å². The molecule has 0 saturated carbocycles. The lowest BCUT2D eigenvalue weighted by Crippen LogP contribution is -2.45. The number of H-pyrrole nitrogens is 1. The van der Waals surface area contributed by atoms with Gasteiger partial charge in [0.2, 0.25) is 0 Å². The minimum Gasteiger partial charge on any atom is -0.507 e. The van der Waals surface area contributed by atoms with Gasteiger partial charge in [-0.25, -0.2) is 0 Å². The van der Waals surface area contributed by atoms with Gasteiger partial charge >= 0.3 is 0 Å². The van der Waals surface area contributed by atoms with E-state index in [9.17, 15) is 19.5 Å². The molecule has 0 radical (unpaired) electrons. The van der Waals surface area contributed by atoms with Crippen LogP contribution in [0, 0.1) is 6.92 Å². The second kappa shape index (κ2) is 13.7. The molecule has 3 amide bonds. The van der Waals surface area contributed by atoms with E-state index in [0.717, 1.165) is 22.3 Å². The highest BCUT2D eigenvalue weighted by molar-refractivity contribution is 5.97. The van der Waals surface area contributed by atoms with Crippen LogP contribution in [0.5, 0.6) is 23.0 Å². The van der Waals surface area contributed by atoms with Crippen LogP contribution in [-0.4, -0.2) is 76.9 Å². The first-order valence-electron chi connectivity index (χ1n) is 16.1. The number of phenolic OH excluding ortho intramolecular Hbond substituents is 1. The summed E-state index contributed by atoms with van der Waals surface area (Å²) in [4.78, 5) is 41.9. The standard InChI is InChI=1S/C38H35N5O7/c1-22-10-12-25-16-28(22)24-6-5-7-26(15-24)49-21-36(45)39-18-23-11-13-33(34(14-23)48-2)50-35-20-43(19-31(35)40-37(25)46)38(47)30-17-29(41-42-30)27-8-3-4-9-32(27)44/h3-17,31,35,44H,18-21H2,1-2H3,(H,39,45)(H,40,46)(H,41,42)/t31-,35-/m0/s1. The summed E-state index contributed by atoms with van der Waals surface area (Å²) in [7, 11) is 1.52. The van der Waals surface area contributed by atoms with Crippen LogP contribution in [0.4, 0.5) is 0 Å². The van der Waals surface area contributed by atoms with Gasteiger partial charge < -0.3 is 34.9 Å². The van der Waals surface area contributed by atoms with Gasteiger partial charge in [0.25, 0.3) is 17.7 Å². The highest BCUT2D eigenvalue weighted by Crippen LogP contribution is 2.33. The Morgan fingerprint density at radius 1 is 0.940 bits per heavy atom. The van der Waals surface area contributed by atoms with Crippen molar-refractivity contribution < 1.29 is 33.7 Å². The summed E-state index contributed by atoms with van der Waals surface area (Å²) in [5.41, 5.74) is 4.97. The minimum absolute atomic E-state index is 0.0470. The first kappa shape index (κ1) is 32.3. The lowest BCUT2D eigenvalue weighted by Gasteiger charge is -2.23. The van der Waals surface area contributed by atoms with Crippen LogP contribution in [0.15, 0.2) is 91.0 Å². The number of aryl methyl sites for hydroxylation is 1. The maximum atomic E-state index is 13.8. The zero-order valence-electron chi connectivity index (χ0n) is 27.4. The topological polar surface area (TPSA) is 155 Å². The molecule has 2 atom stereocenters. The van der Waals surface area contributed by atoms with Crippen molar-refractivity contribution in [3.05, 3.63) is 113 Å². The van der Waals surface area contributed by atoms with Gasteiger partial charge in [-0.3, -0.25) is 19.5 Å². The summed E-state index contributed by atoms with van der Waals surface area (Å²) < 4.78 is 17.9. The smallest absolute Gasteiger partial charge is 0.272 e. The number of benzene rings is 4. The molecule has 0 unspecified atom stereocenters. The van der Waals surface area contributed by atoms with E-state index in [1.165, 1.54) is 7.11 Å². The van der Waals surface area contributed by atoms with E-state index >= 15 is 0 Å². The number of likely N-dealkylation sites (tertiary alicyclic amines) is 1. The fraction of sp³-hybridized carbons (Fsp3) is 0.211. The molecule has 1 aromatic heterocycles. The van der Waals surface area contributed by atoms with Gasteiger partial charge in [-0.15, -0.1) is 0 Å².